The zero-order valence-electron chi connectivity index (χ0n) is 14.7. The van der Waals surface area contributed by atoms with Gasteiger partial charge in [0.2, 0.25) is 10.0 Å². The molecular weight excluding hydrogens is 389 g/mol. The van der Waals surface area contributed by atoms with Crippen molar-refractivity contribution in [3.8, 4) is 6.07 Å². The first-order chi connectivity index (χ1) is 13.2. The molecule has 146 valence electrons. The average Bonchev–Trinajstić information content (AvgIpc) is 2.68. The molecule has 0 fully saturated rings. The van der Waals surface area contributed by atoms with E-state index in [1.165, 1.54) is 43.3 Å². The maximum Gasteiger partial charge on any atom is 0.321 e. The van der Waals surface area contributed by atoms with Gasteiger partial charge in [-0.15, -0.1) is 0 Å². The first-order valence-corrected chi connectivity index (χ1v) is 9.45. The molecule has 0 saturated carbocycles. The molecule has 10 heteroatoms. The van der Waals surface area contributed by atoms with Gasteiger partial charge in [0.1, 0.15) is 12.4 Å². The highest BCUT2D eigenvalue weighted by atomic mass is 32.2. The minimum Gasteiger partial charge on any atom is -0.452 e. The Kier molecular flexibility index (Phi) is 6.81. The van der Waals surface area contributed by atoms with Crippen LogP contribution < -0.4 is 10.0 Å². The van der Waals surface area contributed by atoms with Crippen LogP contribution in [0.1, 0.15) is 12.5 Å². The van der Waals surface area contributed by atoms with Gasteiger partial charge in [0.05, 0.1) is 16.5 Å². The van der Waals surface area contributed by atoms with Crippen molar-refractivity contribution in [2.75, 3.05) is 11.9 Å². The SMILES string of the molecule is C[C@@H](OC(=O)CNS(=O)(=O)c1ccc(C#N)cc1)C(=O)Nc1ccc(F)cc1. The van der Waals surface area contributed by atoms with Gasteiger partial charge in [0.25, 0.3) is 5.91 Å². The molecule has 0 heterocycles. The summed E-state index contributed by atoms with van der Waals surface area (Å²) in [5, 5.41) is 11.2. The summed E-state index contributed by atoms with van der Waals surface area (Å²) < 4.78 is 44.0. The quantitative estimate of drug-likeness (QED) is 0.673. The van der Waals surface area contributed by atoms with E-state index < -0.39 is 40.4 Å². The Balaban J connectivity index is 1.87. The van der Waals surface area contributed by atoms with Gasteiger partial charge in [0.15, 0.2) is 6.10 Å². The lowest BCUT2D eigenvalue weighted by molar-refractivity contribution is -0.151. The smallest absolute Gasteiger partial charge is 0.321 e. The molecule has 1 amide bonds. The molecule has 2 N–H and O–H groups in total. The van der Waals surface area contributed by atoms with Crippen LogP contribution in [0.5, 0.6) is 0 Å². The van der Waals surface area contributed by atoms with Crippen molar-refractivity contribution in [3.05, 3.63) is 59.9 Å². The molecule has 0 bridgehead atoms. The number of halogens is 1. The summed E-state index contributed by atoms with van der Waals surface area (Å²) in [7, 11) is -3.99. The first kappa shape index (κ1) is 21.0. The fraction of sp³-hybridized carbons (Fsp3) is 0.167. The molecule has 0 aliphatic rings. The molecule has 1 atom stereocenters. The number of ether oxygens (including phenoxy) is 1. The van der Waals surface area contributed by atoms with E-state index in [2.05, 4.69) is 10.0 Å². The summed E-state index contributed by atoms with van der Waals surface area (Å²) in [4.78, 5) is 23.7. The van der Waals surface area contributed by atoms with E-state index in [0.717, 1.165) is 12.1 Å². The maximum atomic E-state index is 12.8. The van der Waals surface area contributed by atoms with Crippen molar-refractivity contribution in [2.45, 2.75) is 17.9 Å². The summed E-state index contributed by atoms with van der Waals surface area (Å²) in [6.07, 6.45) is -1.20. The predicted octanol–water partition coefficient (Wildman–Crippen LogP) is 1.55. The standard InChI is InChI=1S/C18H16FN3O5S/c1-12(18(24)22-15-6-4-14(19)5-7-15)27-17(23)11-21-28(25,26)16-8-2-13(10-20)3-9-16/h2-9,12,21H,11H2,1H3,(H,22,24)/t12-/m1/s1. The largest absolute Gasteiger partial charge is 0.452 e. The van der Waals surface area contributed by atoms with Gasteiger partial charge < -0.3 is 10.1 Å². The zero-order chi connectivity index (χ0) is 20.7. The van der Waals surface area contributed by atoms with Crippen LogP contribution in [0.3, 0.4) is 0 Å². The molecule has 8 nitrogen and oxygen atoms in total. The molecule has 0 saturated heterocycles. The second-order valence-corrected chi connectivity index (χ2v) is 7.36. The van der Waals surface area contributed by atoms with Crippen LogP contribution in [-0.2, 0) is 24.3 Å². The number of sulfonamides is 1. The molecule has 0 aliphatic heterocycles. The summed E-state index contributed by atoms with van der Waals surface area (Å²) in [5.74, 6) is -2.08. The van der Waals surface area contributed by atoms with Crippen LogP contribution >= 0.6 is 0 Å². The monoisotopic (exact) mass is 405 g/mol. The van der Waals surface area contributed by atoms with Gasteiger partial charge in [-0.25, -0.2) is 12.8 Å². The second-order valence-electron chi connectivity index (χ2n) is 5.59. The van der Waals surface area contributed by atoms with E-state index in [1.807, 2.05) is 6.07 Å². The van der Waals surface area contributed by atoms with Gasteiger partial charge in [-0.2, -0.15) is 9.98 Å². The lowest BCUT2D eigenvalue weighted by atomic mass is 10.2. The van der Waals surface area contributed by atoms with Gasteiger partial charge in [-0.3, -0.25) is 9.59 Å². The number of nitriles is 1. The van der Waals surface area contributed by atoms with Crippen LogP contribution in [0.2, 0.25) is 0 Å². The summed E-state index contributed by atoms with van der Waals surface area (Å²) in [5.41, 5.74) is 0.607. The van der Waals surface area contributed by atoms with E-state index >= 15 is 0 Å². The van der Waals surface area contributed by atoms with E-state index in [4.69, 9.17) is 10.00 Å². The van der Waals surface area contributed by atoms with E-state index in [9.17, 15) is 22.4 Å². The van der Waals surface area contributed by atoms with Crippen LogP contribution in [0.25, 0.3) is 0 Å². The number of benzene rings is 2. The van der Waals surface area contributed by atoms with Gasteiger partial charge >= 0.3 is 5.97 Å². The molecule has 0 radical (unpaired) electrons. The van der Waals surface area contributed by atoms with Gasteiger partial charge in [0, 0.05) is 5.69 Å². The molecule has 2 aromatic carbocycles. The van der Waals surface area contributed by atoms with Crippen molar-refractivity contribution >= 4 is 27.6 Å². The minimum absolute atomic E-state index is 0.124. The number of carbonyl (C=O) groups excluding carboxylic acids is 2. The van der Waals surface area contributed by atoms with Crippen LogP contribution in [0.4, 0.5) is 10.1 Å². The maximum absolute atomic E-state index is 12.8. The molecule has 0 aliphatic carbocycles. The third kappa shape index (κ3) is 5.87. The lowest BCUT2D eigenvalue weighted by Gasteiger charge is -2.14. The Labute approximate surface area is 161 Å². The number of amides is 1. The van der Waals surface area contributed by atoms with Crippen LogP contribution in [-0.4, -0.2) is 32.9 Å². The molecule has 28 heavy (non-hydrogen) atoms. The normalized spacial score (nSPS) is 11.9. The fourth-order valence-electron chi connectivity index (χ4n) is 2.02. The first-order valence-electron chi connectivity index (χ1n) is 7.97. The molecule has 0 aromatic heterocycles. The zero-order valence-corrected chi connectivity index (χ0v) is 15.5. The van der Waals surface area contributed by atoms with Crippen molar-refractivity contribution in [3.63, 3.8) is 0 Å². The third-order valence-electron chi connectivity index (χ3n) is 3.49. The molecule has 2 rings (SSSR count). The van der Waals surface area contributed by atoms with E-state index in [0.29, 0.717) is 11.3 Å². The number of rotatable bonds is 7. The van der Waals surface area contributed by atoms with E-state index in [-0.39, 0.29) is 4.90 Å². The molecule has 0 unspecified atom stereocenters. The summed E-state index contributed by atoms with van der Waals surface area (Å²) in [6, 6.07) is 12.0. The van der Waals surface area contributed by atoms with Gasteiger partial charge in [-0.1, -0.05) is 0 Å². The van der Waals surface area contributed by atoms with Crippen molar-refractivity contribution in [1.82, 2.24) is 4.72 Å². The predicted molar refractivity (Wildman–Crippen MR) is 96.9 cm³/mol. The van der Waals surface area contributed by atoms with Crippen molar-refractivity contribution in [2.24, 2.45) is 0 Å². The van der Waals surface area contributed by atoms with Gasteiger partial charge in [-0.05, 0) is 55.5 Å². The average molecular weight is 405 g/mol. The fourth-order valence-corrected chi connectivity index (χ4v) is 2.98. The Morgan fingerprint density at radius 2 is 1.75 bits per heavy atom. The second kappa shape index (κ2) is 9.07. The number of carbonyl (C=O) groups is 2. The van der Waals surface area contributed by atoms with E-state index in [1.54, 1.807) is 0 Å². The molecular formula is C18H16FN3O5S. The summed E-state index contributed by atoms with van der Waals surface area (Å²) >= 11 is 0. The molecule has 2 aromatic rings. The third-order valence-corrected chi connectivity index (χ3v) is 4.91. The number of anilines is 1. The highest BCUT2D eigenvalue weighted by Crippen LogP contribution is 2.11. The Morgan fingerprint density at radius 3 is 2.32 bits per heavy atom. The number of hydrogen-bond acceptors (Lipinski definition) is 6. The highest BCUT2D eigenvalue weighted by molar-refractivity contribution is 7.89. The Hall–Kier alpha value is -3.29. The topological polar surface area (TPSA) is 125 Å². The lowest BCUT2D eigenvalue weighted by Crippen LogP contribution is -2.35. The van der Waals surface area contributed by atoms with Crippen LogP contribution in [0.15, 0.2) is 53.4 Å². The van der Waals surface area contributed by atoms with Crippen molar-refractivity contribution < 1.29 is 27.1 Å². The Morgan fingerprint density at radius 1 is 1.14 bits per heavy atom. The number of hydrogen-bond donors (Lipinski definition) is 2. The minimum atomic E-state index is -3.99. The Bertz CT molecular complexity index is 999. The van der Waals surface area contributed by atoms with Crippen LogP contribution in [0, 0.1) is 17.1 Å². The number of nitrogens with one attached hydrogen (secondary N) is 2. The van der Waals surface area contributed by atoms with Crippen molar-refractivity contribution in [1.29, 1.82) is 5.26 Å². The number of nitrogens with zero attached hydrogens (tertiary/aromatic N) is 1. The summed E-state index contributed by atoms with van der Waals surface area (Å²) in [6.45, 7) is 0.627. The number of esters is 1. The highest BCUT2D eigenvalue weighted by Gasteiger charge is 2.20. The molecule has 0 spiro atoms.